The lowest BCUT2D eigenvalue weighted by Gasteiger charge is -2.11. The van der Waals surface area contributed by atoms with E-state index in [-0.39, 0.29) is 5.95 Å². The van der Waals surface area contributed by atoms with E-state index >= 15 is 0 Å². The van der Waals surface area contributed by atoms with Crippen molar-refractivity contribution in [3.05, 3.63) is 30.6 Å². The fraction of sp³-hybridized carbons (Fsp3) is 0.182. The van der Waals surface area contributed by atoms with Crippen LogP contribution in [0.5, 0.6) is 5.88 Å². The van der Waals surface area contributed by atoms with Crippen molar-refractivity contribution in [3.8, 4) is 11.7 Å². The molecule has 0 aliphatic carbocycles. The summed E-state index contributed by atoms with van der Waals surface area (Å²) in [6, 6.07) is 5.18. The maximum Gasteiger partial charge on any atom is 0.335 e. The molecule has 0 aliphatic rings. The predicted molar refractivity (Wildman–Crippen MR) is 61.7 cm³/mol. The molecule has 0 amide bonds. The van der Waals surface area contributed by atoms with Gasteiger partial charge in [-0.1, -0.05) is 0 Å². The van der Waals surface area contributed by atoms with E-state index in [4.69, 9.17) is 5.73 Å². The second-order valence-electron chi connectivity index (χ2n) is 3.78. The smallest absolute Gasteiger partial charge is 0.335 e. The fourth-order valence-corrected chi connectivity index (χ4v) is 1.43. The minimum absolute atomic E-state index is 0.0170. The Morgan fingerprint density at radius 3 is 2.41 bits per heavy atom. The summed E-state index contributed by atoms with van der Waals surface area (Å²) in [7, 11) is 3.91. The summed E-state index contributed by atoms with van der Waals surface area (Å²) >= 11 is 0. The highest BCUT2D eigenvalue weighted by atomic mass is 16.3. The minimum atomic E-state index is -0.392. The molecule has 0 saturated heterocycles. The van der Waals surface area contributed by atoms with Crippen LogP contribution in [0.1, 0.15) is 0 Å². The molecule has 0 radical (unpaired) electrons. The summed E-state index contributed by atoms with van der Waals surface area (Å²) in [6.07, 6.45) is 3.63. The molecule has 2 aromatic rings. The lowest BCUT2D eigenvalue weighted by molar-refractivity contribution is -0.599. The number of nitrogen functional groups attached to an aromatic ring is 1. The molecule has 6 heteroatoms. The number of aromatic nitrogens is 3. The Bertz CT molecular complexity index is 504. The second-order valence-corrected chi connectivity index (χ2v) is 3.78. The maximum absolute atomic E-state index is 11.2. The maximum atomic E-state index is 11.2. The zero-order chi connectivity index (χ0) is 12.4. The number of pyridine rings is 1. The Morgan fingerprint density at radius 1 is 1.24 bits per heavy atom. The molecule has 2 aromatic heterocycles. The SMILES string of the molecule is CN(C)c1cc[n+](-c2cc([O-])nc(N)n2)cc1. The number of nitrogens with zero attached hydrogens (tertiary/aromatic N) is 4. The molecule has 2 rings (SSSR count). The van der Waals surface area contributed by atoms with E-state index < -0.39 is 5.88 Å². The van der Waals surface area contributed by atoms with Gasteiger partial charge in [-0.3, -0.25) is 0 Å². The second kappa shape index (κ2) is 4.25. The van der Waals surface area contributed by atoms with Crippen LogP contribution in [0.2, 0.25) is 0 Å². The molecular formula is C11H13N5O. The van der Waals surface area contributed by atoms with Crippen LogP contribution >= 0.6 is 0 Å². The van der Waals surface area contributed by atoms with Crippen LogP contribution in [0, 0.1) is 0 Å². The van der Waals surface area contributed by atoms with E-state index in [1.165, 1.54) is 6.07 Å². The van der Waals surface area contributed by atoms with Gasteiger partial charge in [0.15, 0.2) is 0 Å². The van der Waals surface area contributed by atoms with Crippen LogP contribution in [0.4, 0.5) is 11.6 Å². The molecular weight excluding hydrogens is 218 g/mol. The number of nitrogens with two attached hydrogens (primary N) is 1. The first-order chi connectivity index (χ1) is 8.06. The van der Waals surface area contributed by atoms with Crippen molar-refractivity contribution < 1.29 is 9.67 Å². The Morgan fingerprint density at radius 2 is 1.88 bits per heavy atom. The molecule has 0 fully saturated rings. The van der Waals surface area contributed by atoms with Crippen molar-refractivity contribution in [3.63, 3.8) is 0 Å². The van der Waals surface area contributed by atoms with Gasteiger partial charge in [0.05, 0.1) is 12.4 Å². The summed E-state index contributed by atoms with van der Waals surface area (Å²) in [5.41, 5.74) is 6.49. The third-order valence-electron chi connectivity index (χ3n) is 2.30. The van der Waals surface area contributed by atoms with E-state index in [0.717, 1.165) is 5.69 Å². The van der Waals surface area contributed by atoms with Gasteiger partial charge in [-0.25, -0.2) is 9.55 Å². The van der Waals surface area contributed by atoms with Gasteiger partial charge in [0.2, 0.25) is 0 Å². The Kier molecular flexibility index (Phi) is 2.78. The summed E-state index contributed by atoms with van der Waals surface area (Å²) < 4.78 is 1.71. The summed E-state index contributed by atoms with van der Waals surface area (Å²) in [5, 5.41) is 11.2. The topological polar surface area (TPSA) is 82.0 Å². The van der Waals surface area contributed by atoms with Gasteiger partial charge in [-0.2, -0.15) is 0 Å². The van der Waals surface area contributed by atoms with Crippen LogP contribution in [-0.4, -0.2) is 24.1 Å². The Labute approximate surface area is 99.0 Å². The molecule has 88 valence electrons. The summed E-state index contributed by atoms with van der Waals surface area (Å²) in [6.45, 7) is 0. The van der Waals surface area contributed by atoms with Crippen LogP contribution in [0.25, 0.3) is 5.82 Å². The highest BCUT2D eigenvalue weighted by molar-refractivity contribution is 5.41. The monoisotopic (exact) mass is 231 g/mol. The van der Waals surface area contributed by atoms with Gasteiger partial charge in [0.1, 0.15) is 0 Å². The third kappa shape index (κ3) is 2.41. The van der Waals surface area contributed by atoms with E-state index in [2.05, 4.69) is 9.97 Å². The van der Waals surface area contributed by atoms with E-state index in [1.807, 2.05) is 43.5 Å². The summed E-state index contributed by atoms with van der Waals surface area (Å²) in [4.78, 5) is 9.47. The van der Waals surface area contributed by atoms with E-state index in [0.29, 0.717) is 5.82 Å². The quantitative estimate of drug-likeness (QED) is 0.703. The standard InChI is InChI=1S/C11H13N5O/c1-15(2)8-3-5-16(6-4-8)9-7-10(17)14-11(12)13-9/h3-7H,1-2H3,(H2-,12,13,14,17). The first-order valence-corrected chi connectivity index (χ1v) is 5.07. The lowest BCUT2D eigenvalue weighted by atomic mass is 10.4. The minimum Gasteiger partial charge on any atom is -0.858 e. The first-order valence-electron chi connectivity index (χ1n) is 5.07. The number of anilines is 2. The van der Waals surface area contributed by atoms with Crippen molar-refractivity contribution in [2.24, 2.45) is 0 Å². The molecule has 0 unspecified atom stereocenters. The molecule has 2 heterocycles. The molecule has 6 nitrogen and oxygen atoms in total. The average molecular weight is 231 g/mol. The zero-order valence-electron chi connectivity index (χ0n) is 9.66. The van der Waals surface area contributed by atoms with Gasteiger partial charge >= 0.3 is 11.8 Å². The number of rotatable bonds is 2. The zero-order valence-corrected chi connectivity index (χ0v) is 9.66. The van der Waals surface area contributed by atoms with E-state index in [9.17, 15) is 5.11 Å². The molecule has 17 heavy (non-hydrogen) atoms. The molecule has 0 aromatic carbocycles. The van der Waals surface area contributed by atoms with Gasteiger partial charge in [0.25, 0.3) is 0 Å². The molecule has 0 atom stereocenters. The van der Waals surface area contributed by atoms with Crippen LogP contribution in [0.15, 0.2) is 30.6 Å². The van der Waals surface area contributed by atoms with E-state index in [1.54, 1.807) is 4.57 Å². The predicted octanol–water partition coefficient (Wildman–Crippen LogP) is -0.525. The molecule has 0 spiro atoms. The normalized spacial score (nSPS) is 10.2. The van der Waals surface area contributed by atoms with Crippen LogP contribution in [-0.2, 0) is 0 Å². The fourth-order valence-electron chi connectivity index (χ4n) is 1.43. The van der Waals surface area contributed by atoms with Crippen molar-refractivity contribution >= 4 is 11.6 Å². The first kappa shape index (κ1) is 11.1. The molecule has 2 N–H and O–H groups in total. The van der Waals surface area contributed by atoms with Gasteiger partial charge in [-0.15, -0.1) is 0 Å². The Hall–Kier alpha value is -2.37. The van der Waals surface area contributed by atoms with Crippen molar-refractivity contribution in [1.29, 1.82) is 0 Å². The Balaban J connectivity index is 2.39. The lowest BCUT2D eigenvalue weighted by Crippen LogP contribution is -2.31. The van der Waals surface area contributed by atoms with Gasteiger partial charge < -0.3 is 15.7 Å². The number of hydrogen-bond acceptors (Lipinski definition) is 5. The highest BCUT2D eigenvalue weighted by Gasteiger charge is 2.09. The molecule has 0 bridgehead atoms. The summed E-state index contributed by atoms with van der Waals surface area (Å²) in [5.74, 6) is 0.0566. The van der Waals surface area contributed by atoms with Gasteiger partial charge in [-0.05, 0) is 4.98 Å². The van der Waals surface area contributed by atoms with Crippen molar-refractivity contribution in [1.82, 2.24) is 9.97 Å². The van der Waals surface area contributed by atoms with Crippen molar-refractivity contribution in [2.45, 2.75) is 0 Å². The van der Waals surface area contributed by atoms with Crippen LogP contribution in [0.3, 0.4) is 0 Å². The largest absolute Gasteiger partial charge is 0.858 e. The van der Waals surface area contributed by atoms with Crippen LogP contribution < -0.4 is 20.3 Å². The highest BCUT2D eigenvalue weighted by Crippen LogP contribution is 2.09. The number of hydrogen-bond donors (Lipinski definition) is 1. The third-order valence-corrected chi connectivity index (χ3v) is 2.30. The molecule has 0 saturated carbocycles. The van der Waals surface area contributed by atoms with Gasteiger partial charge in [0, 0.05) is 43.9 Å². The van der Waals surface area contributed by atoms with Crippen molar-refractivity contribution in [2.75, 3.05) is 24.7 Å². The molecule has 0 aliphatic heterocycles. The average Bonchev–Trinajstić information content (AvgIpc) is 2.28.